The largest absolute Gasteiger partial charge is 0.381 e. The van der Waals surface area contributed by atoms with Crippen molar-refractivity contribution in [3.63, 3.8) is 0 Å². The first-order chi connectivity index (χ1) is 7.99. The number of likely N-dealkylation sites (tertiary alicyclic amines) is 1. The van der Waals surface area contributed by atoms with Gasteiger partial charge in [-0.25, -0.2) is 0 Å². The SMILES string of the molecule is CCC1(C)CCN(C(=O)C2(N)CCOCC2)C1. The van der Waals surface area contributed by atoms with Crippen molar-refractivity contribution in [2.45, 2.75) is 45.1 Å². The molecule has 0 aromatic carbocycles. The van der Waals surface area contributed by atoms with Gasteiger partial charge in [0, 0.05) is 26.3 Å². The Balaban J connectivity index is 2.01. The van der Waals surface area contributed by atoms with Crippen LogP contribution in [0.5, 0.6) is 0 Å². The molecule has 0 aromatic rings. The van der Waals surface area contributed by atoms with E-state index in [1.54, 1.807) is 0 Å². The predicted molar refractivity (Wildman–Crippen MR) is 66.6 cm³/mol. The highest BCUT2D eigenvalue weighted by Gasteiger charge is 2.43. The molecular weight excluding hydrogens is 216 g/mol. The van der Waals surface area contributed by atoms with Gasteiger partial charge in [-0.1, -0.05) is 13.8 Å². The Bertz CT molecular complexity index is 300. The summed E-state index contributed by atoms with van der Waals surface area (Å²) in [6, 6.07) is 0. The number of rotatable bonds is 2. The summed E-state index contributed by atoms with van der Waals surface area (Å²) in [6.07, 6.45) is 3.54. The number of amides is 1. The predicted octanol–water partition coefficient (Wildman–Crippen LogP) is 1.14. The Morgan fingerprint density at radius 1 is 1.35 bits per heavy atom. The molecule has 0 aromatic heterocycles. The molecule has 2 N–H and O–H groups in total. The van der Waals surface area contributed by atoms with Crippen LogP contribution in [0.2, 0.25) is 0 Å². The minimum atomic E-state index is -0.669. The average molecular weight is 240 g/mol. The Hall–Kier alpha value is -0.610. The summed E-state index contributed by atoms with van der Waals surface area (Å²) in [5, 5.41) is 0. The van der Waals surface area contributed by atoms with E-state index < -0.39 is 5.54 Å². The topological polar surface area (TPSA) is 55.6 Å². The number of nitrogens with zero attached hydrogens (tertiary/aromatic N) is 1. The van der Waals surface area contributed by atoms with Crippen molar-refractivity contribution in [2.75, 3.05) is 26.3 Å². The van der Waals surface area contributed by atoms with Gasteiger partial charge >= 0.3 is 0 Å². The number of carbonyl (C=O) groups is 1. The molecule has 1 amide bonds. The number of ether oxygens (including phenoxy) is 1. The van der Waals surface area contributed by atoms with Gasteiger partial charge in [0.2, 0.25) is 5.91 Å². The van der Waals surface area contributed by atoms with E-state index in [0.717, 1.165) is 25.9 Å². The van der Waals surface area contributed by atoms with Crippen LogP contribution in [0.4, 0.5) is 0 Å². The smallest absolute Gasteiger partial charge is 0.242 e. The number of carbonyl (C=O) groups excluding carboxylic acids is 1. The Morgan fingerprint density at radius 2 is 2.00 bits per heavy atom. The molecule has 2 aliphatic rings. The molecule has 2 aliphatic heterocycles. The van der Waals surface area contributed by atoms with Gasteiger partial charge in [-0.2, -0.15) is 0 Å². The highest BCUT2D eigenvalue weighted by Crippen LogP contribution is 2.34. The standard InChI is InChI=1S/C13H24N2O2/c1-3-12(2)4-7-15(10-12)11(16)13(14)5-8-17-9-6-13/h3-10,14H2,1-2H3. The molecule has 0 radical (unpaired) electrons. The number of nitrogens with two attached hydrogens (primary N) is 1. The van der Waals surface area contributed by atoms with Gasteiger partial charge in [0.1, 0.15) is 0 Å². The fraction of sp³-hybridized carbons (Fsp3) is 0.923. The van der Waals surface area contributed by atoms with Gasteiger partial charge in [0.25, 0.3) is 0 Å². The van der Waals surface area contributed by atoms with Crippen molar-refractivity contribution >= 4 is 5.91 Å². The maximum atomic E-state index is 12.5. The average Bonchev–Trinajstić information content (AvgIpc) is 2.73. The first-order valence-corrected chi connectivity index (χ1v) is 6.65. The van der Waals surface area contributed by atoms with Crippen LogP contribution in [-0.4, -0.2) is 42.6 Å². The zero-order valence-electron chi connectivity index (χ0n) is 11.0. The van der Waals surface area contributed by atoms with E-state index in [1.807, 2.05) is 4.90 Å². The van der Waals surface area contributed by atoms with Crippen LogP contribution in [0.25, 0.3) is 0 Å². The quantitative estimate of drug-likeness (QED) is 0.787. The summed E-state index contributed by atoms with van der Waals surface area (Å²) in [5.74, 6) is 0.137. The first-order valence-electron chi connectivity index (χ1n) is 6.65. The number of hydrogen-bond donors (Lipinski definition) is 1. The molecule has 2 heterocycles. The van der Waals surface area contributed by atoms with E-state index in [4.69, 9.17) is 10.5 Å². The summed E-state index contributed by atoms with van der Waals surface area (Å²) < 4.78 is 5.29. The van der Waals surface area contributed by atoms with E-state index in [2.05, 4.69) is 13.8 Å². The summed E-state index contributed by atoms with van der Waals surface area (Å²) in [4.78, 5) is 14.4. The van der Waals surface area contributed by atoms with Crippen molar-refractivity contribution < 1.29 is 9.53 Å². The Labute approximate surface area is 103 Å². The lowest BCUT2D eigenvalue weighted by molar-refractivity contribution is -0.139. The lowest BCUT2D eigenvalue weighted by atomic mass is 9.86. The van der Waals surface area contributed by atoms with E-state index in [9.17, 15) is 4.79 Å². The molecule has 4 nitrogen and oxygen atoms in total. The van der Waals surface area contributed by atoms with Gasteiger partial charge in [0.15, 0.2) is 0 Å². The second-order valence-corrected chi connectivity index (χ2v) is 5.91. The lowest BCUT2D eigenvalue weighted by Gasteiger charge is -2.35. The third-order valence-corrected chi connectivity index (χ3v) is 4.51. The normalized spacial score (nSPS) is 32.8. The van der Waals surface area contributed by atoms with Crippen LogP contribution in [0, 0.1) is 5.41 Å². The van der Waals surface area contributed by atoms with E-state index >= 15 is 0 Å². The summed E-state index contributed by atoms with van der Waals surface area (Å²) in [5.41, 5.74) is 5.86. The van der Waals surface area contributed by atoms with Crippen LogP contribution < -0.4 is 5.73 Å². The Kier molecular flexibility index (Phi) is 3.46. The fourth-order valence-electron chi connectivity index (χ4n) is 2.75. The van der Waals surface area contributed by atoms with E-state index in [1.165, 1.54) is 0 Å². The van der Waals surface area contributed by atoms with Crippen molar-refractivity contribution in [3.8, 4) is 0 Å². The zero-order valence-corrected chi connectivity index (χ0v) is 11.0. The monoisotopic (exact) mass is 240 g/mol. The van der Waals surface area contributed by atoms with Crippen LogP contribution in [0.15, 0.2) is 0 Å². The molecule has 2 saturated heterocycles. The third kappa shape index (κ3) is 2.47. The van der Waals surface area contributed by atoms with Crippen LogP contribution in [0.3, 0.4) is 0 Å². The van der Waals surface area contributed by atoms with E-state index in [-0.39, 0.29) is 11.3 Å². The maximum absolute atomic E-state index is 12.5. The molecule has 98 valence electrons. The molecule has 1 unspecified atom stereocenters. The molecule has 4 heteroatoms. The Morgan fingerprint density at radius 3 is 2.53 bits per heavy atom. The van der Waals surface area contributed by atoms with Crippen molar-refractivity contribution in [2.24, 2.45) is 11.1 Å². The highest BCUT2D eigenvalue weighted by molar-refractivity contribution is 5.86. The summed E-state index contributed by atoms with van der Waals surface area (Å²) >= 11 is 0. The van der Waals surface area contributed by atoms with Crippen LogP contribution >= 0.6 is 0 Å². The molecule has 0 spiro atoms. The number of hydrogen-bond acceptors (Lipinski definition) is 3. The van der Waals surface area contributed by atoms with Crippen molar-refractivity contribution in [1.82, 2.24) is 4.90 Å². The minimum Gasteiger partial charge on any atom is -0.381 e. The zero-order chi connectivity index (χ0) is 12.5. The minimum absolute atomic E-state index is 0.137. The first kappa shape index (κ1) is 12.8. The molecule has 2 rings (SSSR count). The molecule has 2 fully saturated rings. The van der Waals surface area contributed by atoms with Crippen molar-refractivity contribution in [3.05, 3.63) is 0 Å². The van der Waals surface area contributed by atoms with Gasteiger partial charge in [-0.05, 0) is 31.1 Å². The molecule has 0 aliphatic carbocycles. The van der Waals surface area contributed by atoms with Gasteiger partial charge in [0.05, 0.1) is 5.54 Å². The maximum Gasteiger partial charge on any atom is 0.242 e. The van der Waals surface area contributed by atoms with Crippen molar-refractivity contribution in [1.29, 1.82) is 0 Å². The van der Waals surface area contributed by atoms with Crippen LogP contribution in [0.1, 0.15) is 39.5 Å². The summed E-state index contributed by atoms with van der Waals surface area (Å²) in [6.45, 7) is 7.40. The van der Waals surface area contributed by atoms with Crippen LogP contribution in [-0.2, 0) is 9.53 Å². The molecule has 17 heavy (non-hydrogen) atoms. The van der Waals surface area contributed by atoms with Gasteiger partial charge < -0.3 is 15.4 Å². The molecule has 0 saturated carbocycles. The molecule has 1 atom stereocenters. The van der Waals surface area contributed by atoms with Gasteiger partial charge in [-0.15, -0.1) is 0 Å². The fourth-order valence-corrected chi connectivity index (χ4v) is 2.75. The second kappa shape index (κ2) is 4.58. The second-order valence-electron chi connectivity index (χ2n) is 5.91. The molecular formula is C13H24N2O2. The third-order valence-electron chi connectivity index (χ3n) is 4.51. The van der Waals surface area contributed by atoms with E-state index in [0.29, 0.717) is 26.1 Å². The lowest BCUT2D eigenvalue weighted by Crippen LogP contribution is -2.57. The molecule has 0 bridgehead atoms. The summed E-state index contributed by atoms with van der Waals surface area (Å²) in [7, 11) is 0. The highest BCUT2D eigenvalue weighted by atomic mass is 16.5. The van der Waals surface area contributed by atoms with Gasteiger partial charge in [-0.3, -0.25) is 4.79 Å².